The van der Waals surface area contributed by atoms with Crippen LogP contribution in [0.25, 0.3) is 23.0 Å². The number of hydrogen-bond acceptors (Lipinski definition) is 7. The fraction of sp³-hybridized carbons (Fsp3) is 0.261. The Morgan fingerprint density at radius 2 is 1.88 bits per heavy atom. The lowest BCUT2D eigenvalue weighted by molar-refractivity contribution is 0.0787. The van der Waals surface area contributed by atoms with E-state index >= 15 is 0 Å². The topological polar surface area (TPSA) is 93.2 Å². The molecule has 4 aromatic rings. The number of amides is 1. The van der Waals surface area contributed by atoms with Crippen LogP contribution in [0, 0.1) is 0 Å². The fourth-order valence-electron chi connectivity index (χ4n) is 3.81. The zero-order valence-corrected chi connectivity index (χ0v) is 17.9. The summed E-state index contributed by atoms with van der Waals surface area (Å²) in [4.78, 5) is 21.2. The molecular formula is C23H23N7O2. The molecule has 32 heavy (non-hydrogen) atoms. The first-order valence-electron chi connectivity index (χ1n) is 10.5. The minimum absolute atomic E-state index is 0.0301. The molecule has 3 heterocycles. The summed E-state index contributed by atoms with van der Waals surface area (Å²) in [7, 11) is 3.95. The van der Waals surface area contributed by atoms with E-state index in [9.17, 15) is 4.79 Å². The van der Waals surface area contributed by atoms with Gasteiger partial charge in [-0.2, -0.15) is 4.98 Å². The predicted molar refractivity (Wildman–Crippen MR) is 119 cm³/mol. The fourth-order valence-corrected chi connectivity index (χ4v) is 3.81. The number of hydrogen-bond donors (Lipinski definition) is 0. The van der Waals surface area contributed by atoms with Gasteiger partial charge in [0.05, 0.1) is 12.2 Å². The second-order valence-electron chi connectivity index (χ2n) is 8.01. The zero-order chi connectivity index (χ0) is 22.1. The van der Waals surface area contributed by atoms with Crippen LogP contribution in [0.2, 0.25) is 0 Å². The average molecular weight is 429 g/mol. The van der Waals surface area contributed by atoms with Crippen molar-refractivity contribution < 1.29 is 9.32 Å². The molecular weight excluding hydrogens is 406 g/mol. The van der Waals surface area contributed by atoms with Gasteiger partial charge in [-0.1, -0.05) is 40.7 Å². The summed E-state index contributed by atoms with van der Waals surface area (Å²) in [5.74, 6) is 0.859. The van der Waals surface area contributed by atoms with Gasteiger partial charge in [-0.3, -0.25) is 4.79 Å². The molecule has 2 aromatic heterocycles. The van der Waals surface area contributed by atoms with E-state index < -0.39 is 0 Å². The summed E-state index contributed by atoms with van der Waals surface area (Å²) in [6, 6.07) is 17.3. The third-order valence-electron chi connectivity index (χ3n) is 5.64. The Morgan fingerprint density at radius 3 is 2.62 bits per heavy atom. The number of carbonyl (C=O) groups is 1. The molecule has 1 aliphatic rings. The van der Waals surface area contributed by atoms with E-state index in [0.717, 1.165) is 17.7 Å². The van der Waals surface area contributed by atoms with E-state index in [1.54, 1.807) is 10.9 Å². The Hall–Kier alpha value is -4.01. The van der Waals surface area contributed by atoms with Crippen LogP contribution < -0.4 is 4.90 Å². The second-order valence-corrected chi connectivity index (χ2v) is 8.01. The molecule has 5 rings (SSSR count). The molecule has 2 aromatic carbocycles. The highest BCUT2D eigenvalue weighted by Gasteiger charge is 2.29. The van der Waals surface area contributed by atoms with Crippen molar-refractivity contribution in [3.63, 3.8) is 0 Å². The monoisotopic (exact) mass is 429 g/mol. The Labute approximate surface area is 185 Å². The van der Waals surface area contributed by atoms with Crippen molar-refractivity contribution in [2.45, 2.75) is 12.5 Å². The van der Waals surface area contributed by atoms with Gasteiger partial charge in [0.25, 0.3) is 11.8 Å². The molecule has 0 spiro atoms. The highest BCUT2D eigenvalue weighted by atomic mass is 16.5. The molecule has 1 amide bonds. The number of aromatic nitrogens is 5. The number of anilines is 1. The molecule has 1 aliphatic heterocycles. The lowest BCUT2D eigenvalue weighted by Gasteiger charge is -2.17. The minimum atomic E-state index is 0.0301. The molecule has 162 valence electrons. The van der Waals surface area contributed by atoms with Gasteiger partial charge in [-0.05, 0) is 30.7 Å². The number of nitrogens with zero attached hydrogens (tertiary/aromatic N) is 7. The first-order chi connectivity index (χ1) is 15.6. The molecule has 0 N–H and O–H groups in total. The lowest BCUT2D eigenvalue weighted by Crippen LogP contribution is -2.29. The molecule has 0 aliphatic carbocycles. The van der Waals surface area contributed by atoms with Crippen LogP contribution in [0.4, 0.5) is 5.69 Å². The standard InChI is InChI=1S/C23H23N7O2/c1-28(2)18-10-8-17(9-11-18)23(31)29-13-12-19(14-29)30-15-20(25-27-30)22-24-21(26-32-22)16-6-4-3-5-7-16/h3-11,15,19H,12-14H2,1-2H3. The predicted octanol–water partition coefficient (Wildman–Crippen LogP) is 3.15. The van der Waals surface area contributed by atoms with Gasteiger partial charge in [-0.25, -0.2) is 4.68 Å². The largest absolute Gasteiger partial charge is 0.378 e. The van der Waals surface area contributed by atoms with Crippen LogP contribution >= 0.6 is 0 Å². The highest BCUT2D eigenvalue weighted by Crippen LogP contribution is 2.26. The van der Waals surface area contributed by atoms with E-state index in [1.807, 2.05) is 78.5 Å². The van der Waals surface area contributed by atoms with Gasteiger partial charge in [0.1, 0.15) is 0 Å². The summed E-state index contributed by atoms with van der Waals surface area (Å²) in [5, 5.41) is 12.5. The number of carbonyl (C=O) groups excluding carboxylic acids is 1. The zero-order valence-electron chi connectivity index (χ0n) is 17.9. The van der Waals surface area contributed by atoms with Gasteiger partial charge in [0.15, 0.2) is 5.69 Å². The summed E-state index contributed by atoms with van der Waals surface area (Å²) in [6.07, 6.45) is 2.61. The molecule has 9 heteroatoms. The molecule has 0 radical (unpaired) electrons. The maximum Gasteiger partial charge on any atom is 0.280 e. The van der Waals surface area contributed by atoms with Gasteiger partial charge in [0.2, 0.25) is 5.82 Å². The van der Waals surface area contributed by atoms with Crippen LogP contribution in [-0.4, -0.2) is 63.1 Å². The first-order valence-corrected chi connectivity index (χ1v) is 10.5. The number of benzene rings is 2. The highest BCUT2D eigenvalue weighted by molar-refractivity contribution is 5.94. The van der Waals surface area contributed by atoms with Crippen molar-refractivity contribution in [2.75, 3.05) is 32.1 Å². The lowest BCUT2D eigenvalue weighted by atomic mass is 10.2. The van der Waals surface area contributed by atoms with Crippen LogP contribution in [0.1, 0.15) is 22.8 Å². The van der Waals surface area contributed by atoms with E-state index in [-0.39, 0.29) is 11.9 Å². The molecule has 1 fully saturated rings. The van der Waals surface area contributed by atoms with Gasteiger partial charge in [-0.15, -0.1) is 5.10 Å². The molecule has 1 unspecified atom stereocenters. The Morgan fingerprint density at radius 1 is 1.09 bits per heavy atom. The quantitative estimate of drug-likeness (QED) is 0.481. The van der Waals surface area contributed by atoms with Crippen molar-refractivity contribution in [3.05, 3.63) is 66.4 Å². The Balaban J connectivity index is 1.26. The van der Waals surface area contributed by atoms with Crippen LogP contribution in [-0.2, 0) is 0 Å². The van der Waals surface area contributed by atoms with Crippen LogP contribution in [0.3, 0.4) is 0 Å². The number of likely N-dealkylation sites (tertiary alicyclic amines) is 1. The molecule has 1 atom stereocenters. The average Bonchev–Trinajstić information content (AvgIpc) is 3.59. The third-order valence-corrected chi connectivity index (χ3v) is 5.64. The Bertz CT molecular complexity index is 1210. The molecule has 1 saturated heterocycles. The van der Waals surface area contributed by atoms with Crippen molar-refractivity contribution in [1.29, 1.82) is 0 Å². The SMILES string of the molecule is CN(C)c1ccc(C(=O)N2CCC(n3cc(-c4nc(-c5ccccc5)no4)nn3)C2)cc1. The van der Waals surface area contributed by atoms with Crippen molar-refractivity contribution in [1.82, 2.24) is 30.0 Å². The normalized spacial score (nSPS) is 15.8. The van der Waals surface area contributed by atoms with Gasteiger partial charge >= 0.3 is 0 Å². The van der Waals surface area contributed by atoms with E-state index in [4.69, 9.17) is 4.52 Å². The van der Waals surface area contributed by atoms with Crippen molar-refractivity contribution in [3.8, 4) is 23.0 Å². The van der Waals surface area contributed by atoms with E-state index in [1.165, 1.54) is 0 Å². The summed E-state index contributed by atoms with van der Waals surface area (Å²) >= 11 is 0. The maximum atomic E-state index is 12.9. The summed E-state index contributed by atoms with van der Waals surface area (Å²) in [5.41, 5.74) is 3.14. The minimum Gasteiger partial charge on any atom is -0.378 e. The molecule has 9 nitrogen and oxygen atoms in total. The second kappa shape index (κ2) is 8.26. The van der Waals surface area contributed by atoms with Crippen LogP contribution in [0.5, 0.6) is 0 Å². The van der Waals surface area contributed by atoms with E-state index in [0.29, 0.717) is 36.1 Å². The maximum absolute atomic E-state index is 12.9. The third kappa shape index (κ3) is 3.84. The summed E-state index contributed by atoms with van der Waals surface area (Å²) in [6.45, 7) is 1.25. The number of rotatable bonds is 5. The molecule has 0 bridgehead atoms. The van der Waals surface area contributed by atoms with Crippen molar-refractivity contribution >= 4 is 11.6 Å². The van der Waals surface area contributed by atoms with Crippen molar-refractivity contribution in [2.24, 2.45) is 0 Å². The molecule has 0 saturated carbocycles. The van der Waals surface area contributed by atoms with Gasteiger partial charge in [0, 0.05) is 44.0 Å². The summed E-state index contributed by atoms with van der Waals surface area (Å²) < 4.78 is 7.16. The Kier molecular flexibility index (Phi) is 5.14. The van der Waals surface area contributed by atoms with Crippen LogP contribution in [0.15, 0.2) is 65.3 Å². The van der Waals surface area contributed by atoms with E-state index in [2.05, 4.69) is 20.5 Å². The first kappa shape index (κ1) is 19.9. The van der Waals surface area contributed by atoms with Gasteiger partial charge < -0.3 is 14.3 Å². The smallest absolute Gasteiger partial charge is 0.280 e.